The standard InChI is InChI=1S/C28H31N3O6S/c1-2-29-28(35)31-15-18-5-11-21(12-6-18)27-36-22(17-38-25-23(26(33)34)4-3-13-30-25)14-24(37-27)20-9-7-19(16-32)8-10-20/h3-13,22,24,27,32H,2,14-17H2,1H3,(H,33,34)(H2,29,31,35). The van der Waals surface area contributed by atoms with Gasteiger partial charge in [0.2, 0.25) is 0 Å². The van der Waals surface area contributed by atoms with E-state index < -0.39 is 12.3 Å². The van der Waals surface area contributed by atoms with Gasteiger partial charge in [0.05, 0.1) is 24.4 Å². The van der Waals surface area contributed by atoms with Crippen LogP contribution in [0.4, 0.5) is 4.79 Å². The Labute approximate surface area is 225 Å². The van der Waals surface area contributed by atoms with Gasteiger partial charge in [0.1, 0.15) is 5.03 Å². The van der Waals surface area contributed by atoms with E-state index in [4.69, 9.17) is 9.47 Å². The molecule has 0 bridgehead atoms. The third kappa shape index (κ3) is 7.32. The monoisotopic (exact) mass is 537 g/mol. The smallest absolute Gasteiger partial charge is 0.338 e. The van der Waals surface area contributed by atoms with Crippen LogP contribution in [-0.2, 0) is 22.6 Å². The Bertz CT molecular complexity index is 1220. The average molecular weight is 538 g/mol. The van der Waals surface area contributed by atoms with Crippen molar-refractivity contribution >= 4 is 23.8 Å². The summed E-state index contributed by atoms with van der Waals surface area (Å²) in [6.07, 6.45) is 1.03. The number of urea groups is 1. The maximum absolute atomic E-state index is 11.7. The highest BCUT2D eigenvalue weighted by Gasteiger charge is 2.32. The molecule has 200 valence electrons. The molecule has 9 nitrogen and oxygen atoms in total. The molecule has 0 aliphatic carbocycles. The van der Waals surface area contributed by atoms with Crippen molar-refractivity contribution < 1.29 is 29.3 Å². The molecule has 0 saturated carbocycles. The molecule has 1 fully saturated rings. The molecule has 3 unspecified atom stereocenters. The normalized spacial score (nSPS) is 19.1. The molecule has 10 heteroatoms. The van der Waals surface area contributed by atoms with E-state index in [9.17, 15) is 19.8 Å². The summed E-state index contributed by atoms with van der Waals surface area (Å²) in [4.78, 5) is 27.5. The number of hydrogen-bond donors (Lipinski definition) is 4. The van der Waals surface area contributed by atoms with Crippen molar-refractivity contribution in [2.75, 3.05) is 12.3 Å². The fraction of sp³-hybridized carbons (Fsp3) is 0.321. The minimum atomic E-state index is -1.02. The zero-order valence-electron chi connectivity index (χ0n) is 21.0. The summed E-state index contributed by atoms with van der Waals surface area (Å²) >= 11 is 1.35. The lowest BCUT2D eigenvalue weighted by molar-refractivity contribution is -0.245. The van der Waals surface area contributed by atoms with Gasteiger partial charge < -0.3 is 30.3 Å². The molecule has 38 heavy (non-hydrogen) atoms. The molecular formula is C28H31N3O6S. The predicted molar refractivity (Wildman–Crippen MR) is 143 cm³/mol. The van der Waals surface area contributed by atoms with Crippen molar-refractivity contribution in [1.29, 1.82) is 0 Å². The number of thioether (sulfide) groups is 1. The van der Waals surface area contributed by atoms with E-state index in [2.05, 4.69) is 15.6 Å². The summed E-state index contributed by atoms with van der Waals surface area (Å²) in [5, 5.41) is 24.8. The molecule has 0 spiro atoms. The van der Waals surface area contributed by atoms with Crippen LogP contribution >= 0.6 is 11.8 Å². The first-order valence-electron chi connectivity index (χ1n) is 12.4. The number of carbonyl (C=O) groups is 2. The number of rotatable bonds is 10. The molecule has 3 atom stereocenters. The summed E-state index contributed by atoms with van der Waals surface area (Å²) in [6.45, 7) is 2.78. The Morgan fingerprint density at radius 1 is 1.00 bits per heavy atom. The van der Waals surface area contributed by atoms with Crippen molar-refractivity contribution in [3.63, 3.8) is 0 Å². The van der Waals surface area contributed by atoms with E-state index in [-0.39, 0.29) is 30.4 Å². The highest BCUT2D eigenvalue weighted by atomic mass is 32.2. The summed E-state index contributed by atoms with van der Waals surface area (Å²) in [5.74, 6) is -0.522. The molecule has 1 aromatic heterocycles. The first-order valence-corrected chi connectivity index (χ1v) is 13.4. The van der Waals surface area contributed by atoms with Gasteiger partial charge in [-0.3, -0.25) is 0 Å². The molecule has 1 aliphatic heterocycles. The number of benzene rings is 2. The molecule has 4 rings (SSSR count). The van der Waals surface area contributed by atoms with Crippen LogP contribution in [0, 0.1) is 0 Å². The lowest BCUT2D eigenvalue weighted by Gasteiger charge is -2.36. The minimum absolute atomic E-state index is 0.0336. The Morgan fingerprint density at radius 3 is 2.39 bits per heavy atom. The third-order valence-corrected chi connectivity index (χ3v) is 7.20. The van der Waals surface area contributed by atoms with E-state index in [1.165, 1.54) is 11.8 Å². The summed E-state index contributed by atoms with van der Waals surface area (Å²) in [7, 11) is 0. The van der Waals surface area contributed by atoms with Gasteiger partial charge in [0.15, 0.2) is 6.29 Å². The lowest BCUT2D eigenvalue weighted by Crippen LogP contribution is -2.34. The van der Waals surface area contributed by atoms with Gasteiger partial charge in [0.25, 0.3) is 0 Å². The number of aromatic carboxylic acids is 1. The number of hydrogen-bond acceptors (Lipinski definition) is 7. The van der Waals surface area contributed by atoms with E-state index in [1.54, 1.807) is 18.3 Å². The van der Waals surface area contributed by atoms with Crippen LogP contribution in [0.5, 0.6) is 0 Å². The zero-order chi connectivity index (χ0) is 26.9. The first kappa shape index (κ1) is 27.6. The fourth-order valence-electron chi connectivity index (χ4n) is 4.06. The summed E-state index contributed by atoms with van der Waals surface area (Å²) in [5.41, 5.74) is 3.72. The predicted octanol–water partition coefficient (Wildman–Crippen LogP) is 4.43. The Morgan fingerprint density at radius 2 is 1.71 bits per heavy atom. The topological polar surface area (TPSA) is 130 Å². The zero-order valence-corrected chi connectivity index (χ0v) is 21.8. The van der Waals surface area contributed by atoms with E-state index in [1.807, 2.05) is 55.5 Å². The largest absolute Gasteiger partial charge is 0.478 e. The van der Waals surface area contributed by atoms with Crippen LogP contribution in [0.3, 0.4) is 0 Å². The maximum atomic E-state index is 11.7. The molecule has 2 amide bonds. The summed E-state index contributed by atoms with van der Waals surface area (Å²) in [6, 6.07) is 18.2. The molecule has 4 N–H and O–H groups in total. The van der Waals surface area contributed by atoms with Crippen molar-refractivity contribution in [2.45, 2.75) is 50.0 Å². The molecule has 2 aromatic carbocycles. The SMILES string of the molecule is CCNC(=O)NCc1ccc(C2OC(CSc3ncccc3C(=O)O)CC(c3ccc(CO)cc3)O2)cc1. The number of carbonyl (C=O) groups excluding carboxylic acids is 1. The van der Waals surface area contributed by atoms with Crippen molar-refractivity contribution in [3.05, 3.63) is 94.7 Å². The quantitative estimate of drug-likeness (QED) is 0.280. The molecule has 1 aliphatic rings. The molecule has 0 radical (unpaired) electrons. The van der Waals surface area contributed by atoms with Crippen LogP contribution in [0.2, 0.25) is 0 Å². The van der Waals surface area contributed by atoms with Gasteiger partial charge in [-0.2, -0.15) is 0 Å². The third-order valence-electron chi connectivity index (χ3n) is 6.06. The number of nitrogens with one attached hydrogen (secondary N) is 2. The molecule has 1 saturated heterocycles. The lowest BCUT2D eigenvalue weighted by atomic mass is 10.0. The second-order valence-corrected chi connectivity index (χ2v) is 9.79. The Kier molecular flexibility index (Phi) is 9.72. The van der Waals surface area contributed by atoms with Gasteiger partial charge in [0, 0.05) is 37.0 Å². The number of nitrogens with zero attached hydrogens (tertiary/aromatic N) is 1. The Balaban J connectivity index is 1.49. The first-order chi connectivity index (χ1) is 18.5. The summed E-state index contributed by atoms with van der Waals surface area (Å²) < 4.78 is 12.7. The van der Waals surface area contributed by atoms with Crippen LogP contribution < -0.4 is 10.6 Å². The van der Waals surface area contributed by atoms with Crippen LogP contribution in [-0.4, -0.2) is 45.6 Å². The van der Waals surface area contributed by atoms with Crippen LogP contribution in [0.25, 0.3) is 0 Å². The second-order valence-electron chi connectivity index (χ2n) is 8.78. The molecule has 3 aromatic rings. The molecule has 2 heterocycles. The Hall–Kier alpha value is -3.44. The van der Waals surface area contributed by atoms with Crippen LogP contribution in [0.15, 0.2) is 71.9 Å². The number of pyridine rings is 1. The van der Waals surface area contributed by atoms with E-state index in [0.717, 1.165) is 22.3 Å². The number of aliphatic hydroxyl groups is 1. The number of aromatic nitrogens is 1. The van der Waals surface area contributed by atoms with Gasteiger partial charge in [-0.15, -0.1) is 11.8 Å². The number of aliphatic hydroxyl groups excluding tert-OH is 1. The highest BCUT2D eigenvalue weighted by molar-refractivity contribution is 7.99. The van der Waals surface area contributed by atoms with Gasteiger partial charge >= 0.3 is 12.0 Å². The van der Waals surface area contributed by atoms with Gasteiger partial charge in [-0.05, 0) is 35.7 Å². The molecular weight excluding hydrogens is 506 g/mol. The number of carboxylic acid groups (broad SMARTS) is 1. The van der Waals surface area contributed by atoms with E-state index >= 15 is 0 Å². The average Bonchev–Trinajstić information content (AvgIpc) is 2.95. The van der Waals surface area contributed by atoms with Crippen molar-refractivity contribution in [2.24, 2.45) is 0 Å². The van der Waals surface area contributed by atoms with Crippen LogP contribution in [0.1, 0.15) is 58.4 Å². The fourth-order valence-corrected chi connectivity index (χ4v) is 5.07. The van der Waals surface area contributed by atoms with Crippen molar-refractivity contribution in [1.82, 2.24) is 15.6 Å². The van der Waals surface area contributed by atoms with Gasteiger partial charge in [-0.1, -0.05) is 48.5 Å². The minimum Gasteiger partial charge on any atom is -0.478 e. The van der Waals surface area contributed by atoms with Crippen molar-refractivity contribution in [3.8, 4) is 0 Å². The second kappa shape index (κ2) is 13.4. The highest BCUT2D eigenvalue weighted by Crippen LogP contribution is 2.39. The number of carboxylic acids is 1. The number of amides is 2. The van der Waals surface area contributed by atoms with Gasteiger partial charge in [-0.25, -0.2) is 14.6 Å². The number of ether oxygens (including phenoxy) is 2. The van der Waals surface area contributed by atoms with E-state index in [0.29, 0.717) is 30.3 Å². The maximum Gasteiger partial charge on any atom is 0.338 e.